The van der Waals surface area contributed by atoms with Gasteiger partial charge in [-0.15, -0.1) is 23.1 Å². The average molecular weight is 346 g/mol. The maximum absolute atomic E-state index is 12.2. The number of hydrogen-bond acceptors (Lipinski definition) is 4. The molecule has 0 spiro atoms. The molecule has 22 heavy (non-hydrogen) atoms. The van der Waals surface area contributed by atoms with Gasteiger partial charge in [-0.3, -0.25) is 4.79 Å². The van der Waals surface area contributed by atoms with Gasteiger partial charge >= 0.3 is 0 Å². The molecule has 2 nitrogen and oxygen atoms in total. The van der Waals surface area contributed by atoms with E-state index in [2.05, 4.69) is 28.2 Å². The van der Waals surface area contributed by atoms with Crippen molar-refractivity contribution in [3.05, 3.63) is 69.0 Å². The monoisotopic (exact) mass is 345 g/mol. The third-order valence-electron chi connectivity index (χ3n) is 3.05. The van der Waals surface area contributed by atoms with Crippen LogP contribution in [0.5, 0.6) is 0 Å². The fraction of sp³-hybridized carbons (Fsp3) is 0.118. The fourth-order valence-corrected chi connectivity index (χ4v) is 4.43. The van der Waals surface area contributed by atoms with E-state index in [1.807, 2.05) is 35.7 Å². The number of carbonyl (C=O) groups excluding carboxylic acids is 1. The molecule has 0 bridgehead atoms. The number of hydrogen-bond donors (Lipinski definition) is 1. The van der Waals surface area contributed by atoms with Crippen LogP contribution in [0, 0.1) is 0 Å². The quantitative estimate of drug-likeness (QED) is 0.616. The Labute approximate surface area is 142 Å². The molecule has 0 saturated heterocycles. The highest BCUT2D eigenvalue weighted by Gasteiger charge is 2.08. The summed E-state index contributed by atoms with van der Waals surface area (Å²) in [5.74, 6) is 0.951. The molecule has 0 fully saturated rings. The van der Waals surface area contributed by atoms with Gasteiger partial charge in [-0.25, -0.2) is 0 Å². The van der Waals surface area contributed by atoms with Gasteiger partial charge in [0, 0.05) is 15.5 Å². The number of para-hydroxylation sites is 1. The van der Waals surface area contributed by atoms with Gasteiger partial charge in [-0.1, -0.05) is 18.2 Å². The van der Waals surface area contributed by atoms with E-state index in [4.69, 9.17) is 0 Å². The summed E-state index contributed by atoms with van der Waals surface area (Å²) < 4.78 is 0. The van der Waals surface area contributed by atoms with Gasteiger partial charge < -0.3 is 5.32 Å². The Hall–Kier alpha value is -1.56. The maximum Gasteiger partial charge on any atom is 0.229 e. The summed E-state index contributed by atoms with van der Waals surface area (Å²) in [5, 5.41) is 9.27. The second kappa shape index (κ2) is 7.63. The molecule has 0 atom stereocenters. The first kappa shape index (κ1) is 15.3. The average Bonchev–Trinajstić information content (AvgIpc) is 3.19. The molecule has 0 radical (unpaired) electrons. The second-order valence-corrected chi connectivity index (χ2v) is 7.55. The number of anilines is 1. The Morgan fingerprint density at radius 1 is 1.09 bits per heavy atom. The maximum atomic E-state index is 12.2. The number of carbonyl (C=O) groups is 1. The van der Waals surface area contributed by atoms with Crippen LogP contribution in [0.1, 0.15) is 10.4 Å². The lowest BCUT2D eigenvalue weighted by Crippen LogP contribution is -2.14. The molecule has 2 heterocycles. The zero-order valence-electron chi connectivity index (χ0n) is 11.8. The molecule has 3 aromatic rings. The minimum atomic E-state index is 0.0334. The summed E-state index contributed by atoms with van der Waals surface area (Å²) in [6.45, 7) is 0. The summed E-state index contributed by atoms with van der Waals surface area (Å²) >= 11 is 5.07. The van der Waals surface area contributed by atoms with Crippen LogP contribution < -0.4 is 5.32 Å². The molecule has 1 N–H and O–H groups in total. The Morgan fingerprint density at radius 2 is 2.00 bits per heavy atom. The van der Waals surface area contributed by atoms with E-state index in [1.165, 1.54) is 5.56 Å². The molecule has 0 unspecified atom stereocenters. The van der Waals surface area contributed by atoms with E-state index in [9.17, 15) is 4.79 Å². The van der Waals surface area contributed by atoms with E-state index >= 15 is 0 Å². The van der Waals surface area contributed by atoms with Crippen LogP contribution >= 0.6 is 34.4 Å². The van der Waals surface area contributed by atoms with Gasteiger partial charge in [0.15, 0.2) is 0 Å². The first-order chi connectivity index (χ1) is 10.8. The minimum Gasteiger partial charge on any atom is -0.325 e. The van der Waals surface area contributed by atoms with Crippen molar-refractivity contribution in [2.75, 3.05) is 5.32 Å². The second-order valence-electron chi connectivity index (χ2n) is 4.72. The largest absolute Gasteiger partial charge is 0.325 e. The third-order valence-corrected chi connectivity index (χ3v) is 5.80. The molecule has 1 amide bonds. The highest BCUT2D eigenvalue weighted by Crippen LogP contribution is 2.30. The third kappa shape index (κ3) is 4.22. The van der Waals surface area contributed by atoms with Gasteiger partial charge in [0.2, 0.25) is 5.91 Å². The van der Waals surface area contributed by atoms with Crippen LogP contribution in [0.3, 0.4) is 0 Å². The number of thiophene rings is 2. The summed E-state index contributed by atoms with van der Waals surface area (Å²) in [4.78, 5) is 14.3. The van der Waals surface area contributed by atoms with Crippen molar-refractivity contribution in [2.24, 2.45) is 0 Å². The Bertz CT molecular complexity index is 720. The first-order valence-electron chi connectivity index (χ1n) is 6.86. The molecule has 112 valence electrons. The lowest BCUT2D eigenvalue weighted by atomic mass is 10.3. The van der Waals surface area contributed by atoms with Crippen molar-refractivity contribution in [1.29, 1.82) is 0 Å². The zero-order chi connectivity index (χ0) is 15.2. The molecule has 0 aliphatic rings. The smallest absolute Gasteiger partial charge is 0.229 e. The van der Waals surface area contributed by atoms with Crippen LogP contribution in [0.15, 0.2) is 63.5 Å². The molecular formula is C17H15NOS3. The van der Waals surface area contributed by atoms with Gasteiger partial charge in [-0.05, 0) is 46.0 Å². The molecule has 0 aliphatic heterocycles. The Balaban J connectivity index is 1.64. The molecule has 3 rings (SSSR count). The predicted molar refractivity (Wildman–Crippen MR) is 97.0 cm³/mol. The van der Waals surface area contributed by atoms with Crippen molar-refractivity contribution in [3.63, 3.8) is 0 Å². The lowest BCUT2D eigenvalue weighted by Gasteiger charge is -2.10. The van der Waals surface area contributed by atoms with Crippen molar-refractivity contribution < 1.29 is 4.79 Å². The number of thioether (sulfide) groups is 1. The molecule has 5 heteroatoms. The molecule has 1 aromatic carbocycles. The van der Waals surface area contributed by atoms with Crippen LogP contribution in [0.4, 0.5) is 5.69 Å². The topological polar surface area (TPSA) is 29.1 Å². The number of nitrogens with one attached hydrogen (secondary N) is 1. The number of amides is 1. The Morgan fingerprint density at radius 3 is 2.77 bits per heavy atom. The number of rotatable bonds is 6. The van der Waals surface area contributed by atoms with E-state index in [-0.39, 0.29) is 5.91 Å². The molecule has 0 saturated carbocycles. The highest BCUT2D eigenvalue weighted by atomic mass is 32.2. The summed E-state index contributed by atoms with van der Waals surface area (Å²) in [6.07, 6.45) is 0.432. The van der Waals surface area contributed by atoms with Crippen LogP contribution in [0.25, 0.3) is 0 Å². The summed E-state index contributed by atoms with van der Waals surface area (Å²) in [6, 6.07) is 14.1. The van der Waals surface area contributed by atoms with Crippen molar-refractivity contribution in [3.8, 4) is 0 Å². The minimum absolute atomic E-state index is 0.0334. The fourth-order valence-electron chi connectivity index (χ4n) is 2.00. The van der Waals surface area contributed by atoms with Crippen molar-refractivity contribution in [1.82, 2.24) is 0 Å². The van der Waals surface area contributed by atoms with Crippen molar-refractivity contribution in [2.45, 2.75) is 17.1 Å². The van der Waals surface area contributed by atoms with Gasteiger partial charge in [-0.2, -0.15) is 11.3 Å². The van der Waals surface area contributed by atoms with Gasteiger partial charge in [0.1, 0.15) is 0 Å². The Kier molecular flexibility index (Phi) is 5.32. The van der Waals surface area contributed by atoms with Crippen LogP contribution in [-0.4, -0.2) is 5.91 Å². The van der Waals surface area contributed by atoms with Crippen LogP contribution in [-0.2, 0) is 17.0 Å². The SMILES string of the molecule is O=C(Cc1cccs1)Nc1ccccc1SCc1ccsc1. The molecule has 0 aliphatic carbocycles. The van der Waals surface area contributed by atoms with E-state index in [0.717, 1.165) is 21.2 Å². The van der Waals surface area contributed by atoms with E-state index < -0.39 is 0 Å². The van der Waals surface area contributed by atoms with Crippen LogP contribution in [0.2, 0.25) is 0 Å². The normalized spacial score (nSPS) is 10.5. The highest BCUT2D eigenvalue weighted by molar-refractivity contribution is 7.98. The van der Waals surface area contributed by atoms with E-state index in [1.54, 1.807) is 34.4 Å². The van der Waals surface area contributed by atoms with Gasteiger partial charge in [0.05, 0.1) is 12.1 Å². The first-order valence-corrected chi connectivity index (χ1v) is 9.67. The number of benzene rings is 1. The van der Waals surface area contributed by atoms with E-state index in [0.29, 0.717) is 6.42 Å². The van der Waals surface area contributed by atoms with Gasteiger partial charge in [0.25, 0.3) is 0 Å². The summed E-state index contributed by atoms with van der Waals surface area (Å²) in [7, 11) is 0. The lowest BCUT2D eigenvalue weighted by molar-refractivity contribution is -0.115. The molecule has 2 aromatic heterocycles. The molecular weight excluding hydrogens is 330 g/mol. The predicted octanol–water partition coefficient (Wildman–Crippen LogP) is 5.28. The zero-order valence-corrected chi connectivity index (χ0v) is 14.3. The van der Waals surface area contributed by atoms with Crippen molar-refractivity contribution >= 4 is 46.0 Å². The summed E-state index contributed by atoms with van der Waals surface area (Å²) in [5.41, 5.74) is 2.21. The standard InChI is InChI=1S/C17H15NOS3/c19-17(10-14-4-3-8-21-14)18-15-5-1-2-6-16(15)22-12-13-7-9-20-11-13/h1-9,11H,10,12H2,(H,18,19).